The van der Waals surface area contributed by atoms with E-state index in [-0.39, 0.29) is 36.9 Å². The number of carbonyl (C=O) groups excluding carboxylic acids is 1. The normalized spacial score (nSPS) is 17.0. The van der Waals surface area contributed by atoms with E-state index in [1.807, 2.05) is 0 Å². The van der Waals surface area contributed by atoms with Gasteiger partial charge in [0.2, 0.25) is 15.9 Å². The zero-order valence-corrected chi connectivity index (χ0v) is 12.4. The van der Waals surface area contributed by atoms with E-state index in [0.29, 0.717) is 13.1 Å². The molecule has 1 heterocycles. The van der Waals surface area contributed by atoms with Crippen LogP contribution in [0.4, 0.5) is 4.39 Å². The number of halogens is 1. The Morgan fingerprint density at radius 2 is 1.71 bits per heavy atom. The number of nitrogens with zero attached hydrogens (tertiary/aromatic N) is 2. The SMILES string of the molecule is NCCC(=O)N1CCN(S(=O)(=O)c2ccc(F)cc2)CC1. The van der Waals surface area contributed by atoms with Gasteiger partial charge in [0.05, 0.1) is 4.90 Å². The summed E-state index contributed by atoms with van der Waals surface area (Å²) in [5, 5.41) is 0. The third-order valence-electron chi connectivity index (χ3n) is 3.40. The summed E-state index contributed by atoms with van der Waals surface area (Å²) >= 11 is 0. The highest BCUT2D eigenvalue weighted by atomic mass is 32.2. The van der Waals surface area contributed by atoms with Crippen LogP contribution in [-0.2, 0) is 14.8 Å². The number of hydrogen-bond donors (Lipinski definition) is 1. The molecule has 1 aliphatic rings. The molecule has 1 amide bonds. The molecule has 0 aromatic heterocycles. The predicted octanol–water partition coefficient (Wildman–Crippen LogP) is 0.00740. The van der Waals surface area contributed by atoms with Crippen LogP contribution in [0.1, 0.15) is 6.42 Å². The van der Waals surface area contributed by atoms with E-state index in [1.54, 1.807) is 4.90 Å². The average molecular weight is 315 g/mol. The zero-order valence-electron chi connectivity index (χ0n) is 11.5. The summed E-state index contributed by atoms with van der Waals surface area (Å²) in [7, 11) is -3.64. The monoisotopic (exact) mass is 315 g/mol. The van der Waals surface area contributed by atoms with Gasteiger partial charge < -0.3 is 10.6 Å². The Kier molecular flexibility index (Phi) is 4.92. The highest BCUT2D eigenvalue weighted by Gasteiger charge is 2.29. The second kappa shape index (κ2) is 6.50. The molecule has 116 valence electrons. The van der Waals surface area contributed by atoms with E-state index < -0.39 is 15.8 Å². The molecule has 1 aromatic rings. The minimum Gasteiger partial charge on any atom is -0.340 e. The van der Waals surface area contributed by atoms with Crippen LogP contribution in [0.25, 0.3) is 0 Å². The van der Waals surface area contributed by atoms with Gasteiger partial charge in [0.25, 0.3) is 0 Å². The van der Waals surface area contributed by atoms with Crippen molar-refractivity contribution in [3.8, 4) is 0 Å². The maximum absolute atomic E-state index is 12.9. The fourth-order valence-corrected chi connectivity index (χ4v) is 3.64. The predicted molar refractivity (Wildman–Crippen MR) is 75.4 cm³/mol. The fraction of sp³-hybridized carbons (Fsp3) is 0.462. The highest BCUT2D eigenvalue weighted by molar-refractivity contribution is 7.89. The van der Waals surface area contributed by atoms with Gasteiger partial charge in [-0.25, -0.2) is 12.8 Å². The molecule has 1 fully saturated rings. The lowest BCUT2D eigenvalue weighted by atomic mass is 10.3. The Morgan fingerprint density at radius 1 is 1.14 bits per heavy atom. The molecule has 0 bridgehead atoms. The largest absolute Gasteiger partial charge is 0.340 e. The number of benzene rings is 1. The van der Waals surface area contributed by atoms with E-state index in [0.717, 1.165) is 12.1 Å². The summed E-state index contributed by atoms with van der Waals surface area (Å²) in [5.74, 6) is -0.539. The topological polar surface area (TPSA) is 83.7 Å². The maximum atomic E-state index is 12.9. The molecule has 1 aromatic carbocycles. The smallest absolute Gasteiger partial charge is 0.243 e. The third-order valence-corrected chi connectivity index (χ3v) is 5.31. The summed E-state index contributed by atoms with van der Waals surface area (Å²) < 4.78 is 38.9. The highest BCUT2D eigenvalue weighted by Crippen LogP contribution is 2.18. The van der Waals surface area contributed by atoms with Crippen molar-refractivity contribution in [2.75, 3.05) is 32.7 Å². The van der Waals surface area contributed by atoms with Gasteiger partial charge in [-0.15, -0.1) is 0 Å². The Hall–Kier alpha value is -1.51. The second-order valence-corrected chi connectivity index (χ2v) is 6.72. The number of rotatable bonds is 4. The molecule has 0 radical (unpaired) electrons. The van der Waals surface area contributed by atoms with Crippen molar-refractivity contribution in [3.05, 3.63) is 30.1 Å². The standard InChI is InChI=1S/C13H18FN3O3S/c14-11-1-3-12(4-2-11)21(19,20)17-9-7-16(8-10-17)13(18)5-6-15/h1-4H,5-10,15H2. The van der Waals surface area contributed by atoms with Crippen LogP contribution in [0.2, 0.25) is 0 Å². The molecule has 0 unspecified atom stereocenters. The summed E-state index contributed by atoms with van der Waals surface area (Å²) in [4.78, 5) is 13.4. The Bertz CT molecular complexity index is 596. The minimum absolute atomic E-state index is 0.0590. The summed E-state index contributed by atoms with van der Waals surface area (Å²) in [5.41, 5.74) is 5.34. The lowest BCUT2D eigenvalue weighted by Gasteiger charge is -2.34. The zero-order chi connectivity index (χ0) is 15.5. The van der Waals surface area contributed by atoms with Crippen molar-refractivity contribution in [2.24, 2.45) is 5.73 Å². The molecule has 1 saturated heterocycles. The lowest BCUT2D eigenvalue weighted by Crippen LogP contribution is -2.50. The maximum Gasteiger partial charge on any atom is 0.243 e. The van der Waals surface area contributed by atoms with Crippen LogP contribution in [0.3, 0.4) is 0 Å². The molecular formula is C13H18FN3O3S. The molecule has 2 rings (SSSR count). The van der Waals surface area contributed by atoms with Gasteiger partial charge >= 0.3 is 0 Å². The molecule has 0 saturated carbocycles. The third kappa shape index (κ3) is 3.58. The first-order valence-electron chi connectivity index (χ1n) is 6.68. The van der Waals surface area contributed by atoms with E-state index in [2.05, 4.69) is 0 Å². The Morgan fingerprint density at radius 3 is 2.24 bits per heavy atom. The van der Waals surface area contributed by atoms with Crippen LogP contribution < -0.4 is 5.73 Å². The van der Waals surface area contributed by atoms with Gasteiger partial charge in [0, 0.05) is 39.1 Å². The van der Waals surface area contributed by atoms with E-state index in [9.17, 15) is 17.6 Å². The lowest BCUT2D eigenvalue weighted by molar-refractivity contribution is -0.132. The van der Waals surface area contributed by atoms with Crippen molar-refractivity contribution in [3.63, 3.8) is 0 Å². The second-order valence-electron chi connectivity index (χ2n) is 4.78. The number of sulfonamides is 1. The van der Waals surface area contributed by atoms with Crippen molar-refractivity contribution >= 4 is 15.9 Å². The van der Waals surface area contributed by atoms with Crippen LogP contribution in [0.5, 0.6) is 0 Å². The first-order valence-corrected chi connectivity index (χ1v) is 8.12. The van der Waals surface area contributed by atoms with Crippen LogP contribution in [-0.4, -0.2) is 56.3 Å². The summed E-state index contributed by atoms with van der Waals surface area (Å²) in [6, 6.07) is 4.73. The summed E-state index contributed by atoms with van der Waals surface area (Å²) in [6.45, 7) is 1.44. The quantitative estimate of drug-likeness (QED) is 0.848. The van der Waals surface area contributed by atoms with Crippen LogP contribution in [0, 0.1) is 5.82 Å². The van der Waals surface area contributed by atoms with Gasteiger partial charge in [-0.2, -0.15) is 4.31 Å². The van der Waals surface area contributed by atoms with Crippen LogP contribution in [0.15, 0.2) is 29.2 Å². The average Bonchev–Trinajstić information content (AvgIpc) is 2.48. The number of hydrogen-bond acceptors (Lipinski definition) is 4. The molecule has 2 N–H and O–H groups in total. The van der Waals surface area contributed by atoms with Gasteiger partial charge in [0.1, 0.15) is 5.82 Å². The molecular weight excluding hydrogens is 297 g/mol. The van der Waals surface area contributed by atoms with Crippen LogP contribution >= 0.6 is 0 Å². The molecule has 0 aliphatic carbocycles. The minimum atomic E-state index is -3.64. The first kappa shape index (κ1) is 15.9. The van der Waals surface area contributed by atoms with Gasteiger partial charge in [-0.1, -0.05) is 0 Å². The molecule has 8 heteroatoms. The van der Waals surface area contributed by atoms with Crippen molar-refractivity contribution in [1.82, 2.24) is 9.21 Å². The van der Waals surface area contributed by atoms with Gasteiger partial charge in [-0.3, -0.25) is 4.79 Å². The molecule has 1 aliphatic heterocycles. The van der Waals surface area contributed by atoms with Gasteiger partial charge in [0.15, 0.2) is 0 Å². The van der Waals surface area contributed by atoms with E-state index in [4.69, 9.17) is 5.73 Å². The van der Waals surface area contributed by atoms with Crippen molar-refractivity contribution in [1.29, 1.82) is 0 Å². The number of carbonyl (C=O) groups is 1. The molecule has 0 spiro atoms. The van der Waals surface area contributed by atoms with E-state index in [1.165, 1.54) is 16.4 Å². The van der Waals surface area contributed by atoms with E-state index >= 15 is 0 Å². The molecule has 0 atom stereocenters. The number of piperazine rings is 1. The number of amides is 1. The Labute approximate surface area is 123 Å². The first-order chi connectivity index (χ1) is 9.95. The molecule has 6 nitrogen and oxygen atoms in total. The Balaban J connectivity index is 2.04. The number of nitrogens with two attached hydrogens (primary N) is 1. The van der Waals surface area contributed by atoms with Crippen molar-refractivity contribution in [2.45, 2.75) is 11.3 Å². The fourth-order valence-electron chi connectivity index (χ4n) is 2.22. The van der Waals surface area contributed by atoms with Crippen molar-refractivity contribution < 1.29 is 17.6 Å². The molecule has 21 heavy (non-hydrogen) atoms. The van der Waals surface area contributed by atoms with Gasteiger partial charge in [-0.05, 0) is 24.3 Å². The summed E-state index contributed by atoms with van der Waals surface area (Å²) in [6.07, 6.45) is 0.269.